The van der Waals surface area contributed by atoms with Gasteiger partial charge in [0.2, 0.25) is 65.0 Å². The molecule has 0 radical (unpaired) electrons. The third-order valence-electron chi connectivity index (χ3n) is 12.2. The number of aliphatic carboxylic acids is 1. The fourth-order valence-corrected chi connectivity index (χ4v) is 7.66. The summed E-state index contributed by atoms with van der Waals surface area (Å²) < 4.78 is 0. The molecule has 2 aromatic rings. The SMILES string of the molecule is CC(C)C[C@H](NC(=O)[C@@H](NC(=O)CNC(=O)[C@H](CCC(N)=O)NC(=O)CNC(=O)[C@@H](N)Cc1c[nH]c2ccccc12)[C@@H](C)O)C(=O)N[C@H](C(=O)N[C@H](C(=O)N[C@H](C(=O)N[C@@H](CO)C(=O)N[C@@H](C)C(=O)O)C(C)C)[C@@H](C)O)C(C)C. The number of aliphatic hydroxyl groups excluding tert-OH is 3. The number of carboxylic acids is 1. The standard InChI is InChI=1S/C50H79N13O16/c1-22(2)16-33(44(72)61-39(24(5)6)47(75)63-41(27(9)66)49(77)62-38(23(3)4)46(74)59-34(21-64)45(73)56-25(7)50(78)79)58-48(76)40(26(8)65)60-37(69)20-55-43(71)32(14-15-35(52)67)57-36(68)19-54-42(70)30(51)17-28-18-53-31-13-11-10-12-29(28)31/h10-13,18,22-27,30,32-34,38-41,53,64-66H,14-17,19-21,51H2,1-9H3,(H2,52,67)(H,54,70)(H,55,71)(H,56,73)(H,57,68)(H,58,76)(H,59,74)(H,60,69)(H,61,72)(H,62,77)(H,63,75)(H,78,79)/t25-,26+,27+,30-,32-,33-,34-,38-,39-,40-,41-/m0/s1. The van der Waals surface area contributed by atoms with Gasteiger partial charge < -0.3 is 90.0 Å². The minimum Gasteiger partial charge on any atom is -0.480 e. The van der Waals surface area contributed by atoms with Gasteiger partial charge in [-0.1, -0.05) is 59.7 Å². The number of carbonyl (C=O) groups excluding carboxylic acids is 11. The van der Waals surface area contributed by atoms with Gasteiger partial charge in [0, 0.05) is 23.5 Å². The first kappa shape index (κ1) is 67.3. The molecule has 11 amide bonds. The van der Waals surface area contributed by atoms with Crippen LogP contribution in [0, 0.1) is 17.8 Å². The molecule has 1 heterocycles. The third-order valence-corrected chi connectivity index (χ3v) is 12.2. The maximum absolute atomic E-state index is 13.9. The van der Waals surface area contributed by atoms with Crippen molar-refractivity contribution in [3.63, 3.8) is 0 Å². The van der Waals surface area contributed by atoms with Crippen LogP contribution >= 0.6 is 0 Å². The van der Waals surface area contributed by atoms with Crippen LogP contribution in [0.3, 0.4) is 0 Å². The Morgan fingerprint density at radius 3 is 1.56 bits per heavy atom. The van der Waals surface area contributed by atoms with Crippen molar-refractivity contribution in [1.29, 1.82) is 0 Å². The molecule has 19 N–H and O–H groups in total. The van der Waals surface area contributed by atoms with Crippen molar-refractivity contribution in [2.24, 2.45) is 29.2 Å². The van der Waals surface area contributed by atoms with Gasteiger partial charge in [0.15, 0.2) is 0 Å². The second-order valence-corrected chi connectivity index (χ2v) is 20.2. The van der Waals surface area contributed by atoms with E-state index in [4.69, 9.17) is 16.6 Å². The van der Waals surface area contributed by atoms with Gasteiger partial charge in [0.25, 0.3) is 0 Å². The van der Waals surface area contributed by atoms with Crippen molar-refractivity contribution in [1.82, 2.24) is 58.2 Å². The summed E-state index contributed by atoms with van der Waals surface area (Å²) in [6, 6.07) is -5.83. The zero-order valence-corrected chi connectivity index (χ0v) is 45.8. The number of amides is 11. The lowest BCUT2D eigenvalue weighted by atomic mass is 9.98. The van der Waals surface area contributed by atoms with E-state index in [0.29, 0.717) is 0 Å². The molecule has 79 heavy (non-hydrogen) atoms. The first-order chi connectivity index (χ1) is 36.9. The Bertz CT molecular complexity index is 2480. The summed E-state index contributed by atoms with van der Waals surface area (Å²) in [5.74, 6) is -13.4. The summed E-state index contributed by atoms with van der Waals surface area (Å²) in [5, 5.41) is 64.4. The monoisotopic (exact) mass is 1120 g/mol. The highest BCUT2D eigenvalue weighted by molar-refractivity contribution is 5.99. The third kappa shape index (κ3) is 22.3. The summed E-state index contributed by atoms with van der Waals surface area (Å²) in [4.78, 5) is 159. The molecule has 440 valence electrons. The molecule has 0 bridgehead atoms. The smallest absolute Gasteiger partial charge is 0.325 e. The van der Waals surface area contributed by atoms with Gasteiger partial charge in [-0.2, -0.15) is 0 Å². The van der Waals surface area contributed by atoms with Crippen molar-refractivity contribution in [2.45, 2.75) is 155 Å². The number of hydrogen-bond donors (Lipinski definition) is 17. The van der Waals surface area contributed by atoms with E-state index in [2.05, 4.69) is 58.2 Å². The first-order valence-electron chi connectivity index (χ1n) is 25.6. The van der Waals surface area contributed by atoms with Crippen LogP contribution in [-0.4, -0.2) is 183 Å². The zero-order valence-electron chi connectivity index (χ0n) is 45.8. The van der Waals surface area contributed by atoms with Crippen LogP contribution < -0.4 is 64.6 Å². The lowest BCUT2D eigenvalue weighted by Gasteiger charge is -2.30. The molecule has 1 aromatic heterocycles. The van der Waals surface area contributed by atoms with Crippen LogP contribution in [0.5, 0.6) is 0 Å². The number of fused-ring (bicyclic) bond motifs is 1. The number of H-pyrrole nitrogens is 1. The molecular formula is C50H79N13O16. The minimum absolute atomic E-state index is 0.0464. The topological polar surface area (TPSA) is 474 Å². The van der Waals surface area contributed by atoms with Crippen LogP contribution in [0.1, 0.15) is 87.1 Å². The summed E-state index contributed by atoms with van der Waals surface area (Å²) in [6.45, 7) is 10.6. The van der Waals surface area contributed by atoms with Crippen molar-refractivity contribution in [3.8, 4) is 0 Å². The van der Waals surface area contributed by atoms with Crippen molar-refractivity contribution < 1.29 is 78.0 Å². The van der Waals surface area contributed by atoms with E-state index in [9.17, 15) is 72.9 Å². The Morgan fingerprint density at radius 1 is 0.557 bits per heavy atom. The largest absolute Gasteiger partial charge is 0.480 e. The van der Waals surface area contributed by atoms with Crippen LogP contribution in [0.4, 0.5) is 0 Å². The number of benzene rings is 1. The maximum atomic E-state index is 13.9. The van der Waals surface area contributed by atoms with Gasteiger partial charge in [0.05, 0.1) is 37.9 Å². The summed E-state index contributed by atoms with van der Waals surface area (Å²) in [6.07, 6.45) is -2.08. The van der Waals surface area contributed by atoms with Crippen LogP contribution in [-0.2, 0) is 64.0 Å². The number of aliphatic hydroxyl groups is 3. The lowest BCUT2D eigenvalue weighted by Crippen LogP contribution is -2.63. The van der Waals surface area contributed by atoms with Crippen LogP contribution in [0.25, 0.3) is 10.9 Å². The molecule has 0 unspecified atom stereocenters. The molecule has 29 nitrogen and oxygen atoms in total. The summed E-state index contributed by atoms with van der Waals surface area (Å²) in [7, 11) is 0. The Labute approximate surface area is 456 Å². The Kier molecular flexibility index (Phi) is 27.5. The Balaban J connectivity index is 2.13. The average Bonchev–Trinajstić information content (AvgIpc) is 3.78. The van der Waals surface area contributed by atoms with Gasteiger partial charge in [0.1, 0.15) is 48.3 Å². The van der Waals surface area contributed by atoms with Crippen LogP contribution in [0.2, 0.25) is 0 Å². The predicted molar refractivity (Wildman–Crippen MR) is 283 cm³/mol. The number of hydrogen-bond acceptors (Lipinski definition) is 16. The summed E-state index contributed by atoms with van der Waals surface area (Å²) in [5.41, 5.74) is 13.0. The fraction of sp³-hybridized carbons (Fsp3) is 0.600. The Morgan fingerprint density at radius 2 is 1.03 bits per heavy atom. The molecule has 0 saturated heterocycles. The second kappa shape index (κ2) is 32.2. The number of aromatic amines is 1. The highest BCUT2D eigenvalue weighted by atomic mass is 16.4. The minimum atomic E-state index is -1.74. The first-order valence-corrected chi connectivity index (χ1v) is 25.6. The molecule has 11 atom stereocenters. The van der Waals surface area contributed by atoms with Gasteiger partial charge >= 0.3 is 5.97 Å². The van der Waals surface area contributed by atoms with Gasteiger partial charge in [-0.15, -0.1) is 0 Å². The molecule has 1 aromatic carbocycles. The quantitative estimate of drug-likeness (QED) is 0.0317. The van der Waals surface area contributed by atoms with E-state index in [1.165, 1.54) is 13.8 Å². The number of rotatable bonds is 33. The molecule has 0 saturated carbocycles. The molecule has 0 aliphatic heterocycles. The number of para-hydroxylation sites is 1. The van der Waals surface area contributed by atoms with E-state index in [1.807, 2.05) is 24.3 Å². The normalized spacial score (nSPS) is 15.5. The lowest BCUT2D eigenvalue weighted by molar-refractivity contribution is -0.142. The van der Waals surface area contributed by atoms with Gasteiger partial charge in [-0.05, 0) is 69.4 Å². The molecule has 29 heteroatoms. The second-order valence-electron chi connectivity index (χ2n) is 20.2. The number of nitrogens with two attached hydrogens (primary N) is 2. The molecule has 0 spiro atoms. The maximum Gasteiger partial charge on any atom is 0.325 e. The number of carboxylic acid groups (broad SMARTS) is 1. The fourth-order valence-electron chi connectivity index (χ4n) is 7.66. The zero-order chi connectivity index (χ0) is 60.0. The van der Waals surface area contributed by atoms with Gasteiger partial charge in [-0.25, -0.2) is 0 Å². The number of carbonyl (C=O) groups is 12. The Hall–Kier alpha value is -7.76. The van der Waals surface area contributed by atoms with E-state index in [-0.39, 0.29) is 31.6 Å². The van der Waals surface area contributed by atoms with E-state index in [1.54, 1.807) is 33.9 Å². The van der Waals surface area contributed by atoms with Crippen molar-refractivity contribution in [2.75, 3.05) is 19.7 Å². The van der Waals surface area contributed by atoms with E-state index >= 15 is 0 Å². The van der Waals surface area contributed by atoms with Crippen LogP contribution in [0.15, 0.2) is 30.5 Å². The highest BCUT2D eigenvalue weighted by Gasteiger charge is 2.37. The number of aromatic nitrogens is 1. The summed E-state index contributed by atoms with van der Waals surface area (Å²) >= 11 is 0. The van der Waals surface area contributed by atoms with Gasteiger partial charge in [-0.3, -0.25) is 57.5 Å². The van der Waals surface area contributed by atoms with E-state index < -0.39 is 169 Å². The molecule has 0 fully saturated rings. The molecule has 2 rings (SSSR count). The number of primary amides is 1. The predicted octanol–water partition coefficient (Wildman–Crippen LogP) is -5.37. The van der Waals surface area contributed by atoms with Crippen molar-refractivity contribution >= 4 is 81.9 Å². The molecule has 0 aliphatic rings. The highest BCUT2D eigenvalue weighted by Crippen LogP contribution is 2.19. The average molecular weight is 1120 g/mol. The number of nitrogens with one attached hydrogen (secondary N) is 11. The van der Waals surface area contributed by atoms with Crippen molar-refractivity contribution in [3.05, 3.63) is 36.0 Å². The molecular weight excluding hydrogens is 1040 g/mol. The molecule has 0 aliphatic carbocycles. The van der Waals surface area contributed by atoms with E-state index in [0.717, 1.165) is 37.2 Å².